The number of carbonyl (C=O) groups is 2. The molecule has 154 valence electrons. The number of carbonyl (C=O) groups excluding carboxylic acids is 2. The van der Waals surface area contributed by atoms with E-state index in [1.165, 1.54) is 12.3 Å². The molecular weight excluding hydrogens is 374 g/mol. The summed E-state index contributed by atoms with van der Waals surface area (Å²) in [4.78, 5) is 28.4. The number of hydrogen-bond acceptors (Lipinski definition) is 6. The van der Waals surface area contributed by atoms with Crippen LogP contribution in [0.15, 0.2) is 47.6 Å². The summed E-state index contributed by atoms with van der Waals surface area (Å²) in [5, 5.41) is 13.2. The van der Waals surface area contributed by atoms with E-state index in [1.54, 1.807) is 18.2 Å². The van der Waals surface area contributed by atoms with Gasteiger partial charge in [-0.2, -0.15) is 0 Å². The number of aryl methyl sites for hydroxylation is 1. The van der Waals surface area contributed by atoms with Crippen molar-refractivity contribution in [1.82, 2.24) is 10.9 Å². The lowest BCUT2D eigenvalue weighted by atomic mass is 10.0. The number of rotatable bonds is 8. The lowest BCUT2D eigenvalue weighted by molar-refractivity contribution is -0.132. The molecule has 2 aromatic carbocycles. The van der Waals surface area contributed by atoms with Crippen LogP contribution in [0.4, 0.5) is 0 Å². The van der Waals surface area contributed by atoms with Crippen LogP contribution in [0.1, 0.15) is 36.5 Å². The molecule has 2 rings (SSSR count). The van der Waals surface area contributed by atoms with Crippen LogP contribution in [0, 0.1) is 6.92 Å². The summed E-state index contributed by atoms with van der Waals surface area (Å²) in [6.07, 6.45) is 1.28. The smallest absolute Gasteiger partial charge is 0.279 e. The lowest BCUT2D eigenvalue weighted by Gasteiger charge is -2.15. The minimum atomic E-state index is -0.591. The van der Waals surface area contributed by atoms with Crippen molar-refractivity contribution in [2.45, 2.75) is 26.7 Å². The number of hydrogen-bond donors (Lipinski definition) is 3. The monoisotopic (exact) mass is 399 g/mol. The van der Waals surface area contributed by atoms with Crippen molar-refractivity contribution >= 4 is 18.0 Å². The molecule has 2 amide bonds. The molecule has 8 nitrogen and oxygen atoms in total. The average molecular weight is 399 g/mol. The van der Waals surface area contributed by atoms with Gasteiger partial charge in [0.2, 0.25) is 0 Å². The highest BCUT2D eigenvalue weighted by atomic mass is 16.6. The quantitative estimate of drug-likeness (QED) is 0.466. The van der Waals surface area contributed by atoms with Gasteiger partial charge in [-0.3, -0.25) is 20.4 Å². The van der Waals surface area contributed by atoms with E-state index in [0.717, 1.165) is 11.1 Å². The van der Waals surface area contributed by atoms with Crippen LogP contribution >= 0.6 is 0 Å². The molecule has 0 radical (unpaired) electrons. The highest BCUT2D eigenvalue weighted by molar-refractivity contribution is 5.84. The summed E-state index contributed by atoms with van der Waals surface area (Å²) in [7, 11) is 0. The molecular formula is C21H25N3O5. The normalized spacial score (nSPS) is 10.8. The maximum absolute atomic E-state index is 11.9. The Morgan fingerprint density at radius 2 is 1.79 bits per heavy atom. The fourth-order valence-corrected chi connectivity index (χ4v) is 2.39. The van der Waals surface area contributed by atoms with Crippen LogP contribution < -0.4 is 15.6 Å². The van der Waals surface area contributed by atoms with Gasteiger partial charge in [0.05, 0.1) is 6.21 Å². The van der Waals surface area contributed by atoms with Crippen molar-refractivity contribution in [3.8, 4) is 11.5 Å². The molecule has 3 N–H and O–H groups in total. The number of para-hydroxylation sites is 1. The van der Waals surface area contributed by atoms with Gasteiger partial charge in [0.25, 0.3) is 11.8 Å². The number of nitrogens with zero attached hydrogens (tertiary/aromatic N) is 1. The van der Waals surface area contributed by atoms with Crippen molar-refractivity contribution in [2.75, 3.05) is 13.2 Å². The van der Waals surface area contributed by atoms with Crippen LogP contribution in [-0.2, 0) is 14.4 Å². The number of phenolic OH excluding ortho intramolecular Hbond substituents is 1. The Hall–Kier alpha value is -3.55. The number of benzene rings is 2. The zero-order valence-corrected chi connectivity index (χ0v) is 16.6. The van der Waals surface area contributed by atoms with Crippen LogP contribution in [0.3, 0.4) is 0 Å². The lowest BCUT2D eigenvalue weighted by Crippen LogP contribution is -2.45. The molecule has 0 fully saturated rings. The van der Waals surface area contributed by atoms with Gasteiger partial charge in [0.15, 0.2) is 13.2 Å². The second-order valence-corrected chi connectivity index (χ2v) is 6.65. The Morgan fingerprint density at radius 3 is 2.48 bits per heavy atom. The van der Waals surface area contributed by atoms with Gasteiger partial charge in [-0.1, -0.05) is 43.3 Å². The molecule has 8 heteroatoms. The summed E-state index contributed by atoms with van der Waals surface area (Å²) in [6, 6.07) is 12.4. The van der Waals surface area contributed by atoms with E-state index in [-0.39, 0.29) is 18.3 Å². The minimum absolute atomic E-state index is 0.0470. The fraction of sp³-hybridized carbons (Fsp3) is 0.286. The van der Waals surface area contributed by atoms with Gasteiger partial charge in [-0.15, -0.1) is 0 Å². The Labute approximate surface area is 169 Å². The van der Waals surface area contributed by atoms with E-state index in [9.17, 15) is 14.7 Å². The predicted octanol–water partition coefficient (Wildman–Crippen LogP) is 2.40. The van der Waals surface area contributed by atoms with Crippen molar-refractivity contribution in [3.63, 3.8) is 0 Å². The first-order valence-corrected chi connectivity index (χ1v) is 9.11. The Bertz CT molecular complexity index is 880. The molecule has 0 unspecified atom stereocenters. The standard InChI is InChI=1S/C21H25N3O5/c1-14(2)17-9-8-15(3)10-19(17)28-12-20(26)23-24-21(27)13-29-22-11-16-6-4-5-7-18(16)25/h4-11,14,25H,12-13H2,1-3H3,(H,23,26)(H,24,27)/b22-11-. The summed E-state index contributed by atoms with van der Waals surface area (Å²) in [5.74, 6) is -0.156. The topological polar surface area (TPSA) is 109 Å². The van der Waals surface area contributed by atoms with Crippen LogP contribution in [0.2, 0.25) is 0 Å². The van der Waals surface area contributed by atoms with Crippen molar-refractivity contribution in [3.05, 3.63) is 59.2 Å². The SMILES string of the molecule is Cc1ccc(C(C)C)c(OCC(=O)NNC(=O)CO/N=C\c2ccccc2O)c1. The highest BCUT2D eigenvalue weighted by Crippen LogP contribution is 2.27. The van der Waals surface area contributed by atoms with Gasteiger partial charge in [-0.25, -0.2) is 0 Å². The van der Waals surface area contributed by atoms with Crippen molar-refractivity contribution in [1.29, 1.82) is 0 Å². The van der Waals surface area contributed by atoms with E-state index in [1.807, 2.05) is 39.0 Å². The molecule has 0 aliphatic rings. The molecule has 0 heterocycles. The molecule has 0 aromatic heterocycles. The Morgan fingerprint density at radius 1 is 1.10 bits per heavy atom. The van der Waals surface area contributed by atoms with Gasteiger partial charge in [0, 0.05) is 5.56 Å². The summed E-state index contributed by atoms with van der Waals surface area (Å²) < 4.78 is 5.59. The summed E-state index contributed by atoms with van der Waals surface area (Å²) in [6.45, 7) is 5.38. The molecule has 0 atom stereocenters. The van der Waals surface area contributed by atoms with Gasteiger partial charge < -0.3 is 14.7 Å². The number of amides is 2. The third-order valence-electron chi connectivity index (χ3n) is 3.89. The van der Waals surface area contributed by atoms with Gasteiger partial charge in [0.1, 0.15) is 11.5 Å². The van der Waals surface area contributed by atoms with E-state index < -0.39 is 18.4 Å². The number of hydrazine groups is 1. The zero-order valence-electron chi connectivity index (χ0n) is 16.6. The number of ether oxygens (including phenoxy) is 1. The largest absolute Gasteiger partial charge is 0.507 e. The first-order chi connectivity index (χ1) is 13.9. The minimum Gasteiger partial charge on any atom is -0.507 e. The second-order valence-electron chi connectivity index (χ2n) is 6.65. The Balaban J connectivity index is 1.72. The summed E-state index contributed by atoms with van der Waals surface area (Å²) >= 11 is 0. The van der Waals surface area contributed by atoms with Crippen molar-refractivity contribution < 1.29 is 24.3 Å². The Kier molecular flexibility index (Phi) is 8.02. The van der Waals surface area contributed by atoms with E-state index >= 15 is 0 Å². The maximum atomic E-state index is 11.9. The third kappa shape index (κ3) is 7.17. The van der Waals surface area contributed by atoms with E-state index in [0.29, 0.717) is 11.3 Å². The van der Waals surface area contributed by atoms with Crippen LogP contribution in [0.25, 0.3) is 0 Å². The predicted molar refractivity (Wildman–Crippen MR) is 109 cm³/mol. The maximum Gasteiger partial charge on any atom is 0.279 e. The van der Waals surface area contributed by atoms with Crippen LogP contribution in [-0.4, -0.2) is 36.3 Å². The average Bonchev–Trinajstić information content (AvgIpc) is 2.69. The van der Waals surface area contributed by atoms with Gasteiger partial charge >= 0.3 is 0 Å². The molecule has 0 bridgehead atoms. The number of aromatic hydroxyl groups is 1. The molecule has 0 saturated carbocycles. The molecule has 0 aliphatic heterocycles. The second kappa shape index (κ2) is 10.7. The van der Waals surface area contributed by atoms with Crippen LogP contribution in [0.5, 0.6) is 11.5 Å². The molecule has 2 aromatic rings. The number of phenols is 1. The molecule has 0 saturated heterocycles. The first kappa shape index (κ1) is 21.7. The molecule has 0 spiro atoms. The molecule has 29 heavy (non-hydrogen) atoms. The number of oxime groups is 1. The summed E-state index contributed by atoms with van der Waals surface area (Å²) in [5.41, 5.74) is 6.94. The third-order valence-corrected chi connectivity index (χ3v) is 3.89. The highest BCUT2D eigenvalue weighted by Gasteiger charge is 2.11. The zero-order chi connectivity index (χ0) is 21.2. The van der Waals surface area contributed by atoms with Crippen molar-refractivity contribution in [2.24, 2.45) is 5.16 Å². The van der Waals surface area contributed by atoms with E-state index in [2.05, 4.69) is 16.0 Å². The fourth-order valence-electron chi connectivity index (χ4n) is 2.39. The molecule has 0 aliphatic carbocycles. The van der Waals surface area contributed by atoms with E-state index in [4.69, 9.17) is 9.57 Å². The number of nitrogens with one attached hydrogen (secondary N) is 2. The first-order valence-electron chi connectivity index (χ1n) is 9.11. The van der Waals surface area contributed by atoms with Gasteiger partial charge in [-0.05, 0) is 42.2 Å².